The summed E-state index contributed by atoms with van der Waals surface area (Å²) < 4.78 is 2.94. The maximum absolute atomic E-state index is 11.3. The minimum absolute atomic E-state index is 0.0572. The lowest BCUT2D eigenvalue weighted by molar-refractivity contribution is 0.0692. The van der Waals surface area contributed by atoms with Crippen LogP contribution in [0.15, 0.2) is 29.0 Å². The molecule has 108 valence electrons. The van der Waals surface area contributed by atoms with Crippen molar-refractivity contribution in [2.75, 3.05) is 0 Å². The van der Waals surface area contributed by atoms with Gasteiger partial charge in [-0.25, -0.2) is 14.8 Å². The van der Waals surface area contributed by atoms with E-state index in [1.165, 1.54) is 6.33 Å². The van der Waals surface area contributed by atoms with E-state index >= 15 is 0 Å². The number of nitrogens with one attached hydrogen (secondary N) is 1. The summed E-state index contributed by atoms with van der Waals surface area (Å²) in [5.74, 6) is -0.470. The molecule has 0 aliphatic carbocycles. The number of nitrogens with zero attached hydrogens (tertiary/aromatic N) is 3. The lowest BCUT2D eigenvalue weighted by atomic mass is 10.3. The Labute approximate surface area is 129 Å². The van der Waals surface area contributed by atoms with Crippen LogP contribution < -0.4 is 0 Å². The fraction of sp³-hybridized carbons (Fsp3) is 0.214. The number of benzene rings is 1. The second-order valence-electron chi connectivity index (χ2n) is 4.65. The van der Waals surface area contributed by atoms with Gasteiger partial charge in [-0.05, 0) is 24.6 Å². The summed E-state index contributed by atoms with van der Waals surface area (Å²) in [5.41, 5.74) is 2.20. The zero-order chi connectivity index (χ0) is 15.0. The van der Waals surface area contributed by atoms with Gasteiger partial charge in [0.2, 0.25) is 0 Å². The van der Waals surface area contributed by atoms with Crippen LogP contribution in [-0.4, -0.2) is 30.6 Å². The summed E-state index contributed by atoms with van der Waals surface area (Å²) >= 11 is 3.43. The third kappa shape index (κ3) is 2.33. The maximum atomic E-state index is 11.3. The Hall–Kier alpha value is -2.15. The highest BCUT2D eigenvalue weighted by Crippen LogP contribution is 2.27. The van der Waals surface area contributed by atoms with Gasteiger partial charge in [-0.1, -0.05) is 22.9 Å². The molecular formula is C14H13BrN4O2. The second kappa shape index (κ2) is 5.33. The minimum atomic E-state index is -1.04. The number of aryl methyl sites for hydroxylation is 1. The number of fused-ring (bicyclic) bond motifs is 1. The van der Waals surface area contributed by atoms with Gasteiger partial charge >= 0.3 is 5.97 Å². The van der Waals surface area contributed by atoms with E-state index in [-0.39, 0.29) is 5.69 Å². The number of carboxylic acids is 1. The first kappa shape index (κ1) is 13.8. The van der Waals surface area contributed by atoms with E-state index in [0.717, 1.165) is 28.5 Å². The van der Waals surface area contributed by atoms with E-state index in [4.69, 9.17) is 0 Å². The SMILES string of the molecule is CCCn1c(-c2nc[nH]c2C(=O)O)nc2cc(Br)ccc21. The Bertz CT molecular complexity index is 822. The number of imidazole rings is 2. The Morgan fingerprint density at radius 1 is 1.48 bits per heavy atom. The number of hydrogen-bond donors (Lipinski definition) is 2. The molecule has 21 heavy (non-hydrogen) atoms. The number of hydrogen-bond acceptors (Lipinski definition) is 3. The lowest BCUT2D eigenvalue weighted by Crippen LogP contribution is -2.04. The van der Waals surface area contributed by atoms with Crippen molar-refractivity contribution >= 4 is 32.9 Å². The summed E-state index contributed by atoms with van der Waals surface area (Å²) in [5, 5.41) is 9.24. The standard InChI is InChI=1S/C14H13BrN4O2/c1-2-5-19-10-4-3-8(15)6-9(10)18-13(19)11-12(14(20)21)17-7-16-11/h3-4,6-7H,2,5H2,1H3,(H,16,17)(H,20,21). The topological polar surface area (TPSA) is 83.8 Å². The van der Waals surface area contributed by atoms with E-state index in [1.54, 1.807) is 0 Å². The third-order valence-corrected chi connectivity index (χ3v) is 3.72. The number of aromatic carboxylic acids is 1. The van der Waals surface area contributed by atoms with Crippen LogP contribution in [-0.2, 0) is 6.54 Å². The van der Waals surface area contributed by atoms with Crippen molar-refractivity contribution in [3.05, 3.63) is 34.7 Å². The second-order valence-corrected chi connectivity index (χ2v) is 5.57. The van der Waals surface area contributed by atoms with Gasteiger partial charge < -0.3 is 14.7 Å². The van der Waals surface area contributed by atoms with Crippen LogP contribution >= 0.6 is 15.9 Å². The third-order valence-electron chi connectivity index (χ3n) is 3.22. The molecule has 1 aromatic carbocycles. The quantitative estimate of drug-likeness (QED) is 0.757. The summed E-state index contributed by atoms with van der Waals surface area (Å²) in [6.07, 6.45) is 2.30. The molecule has 0 saturated heterocycles. The summed E-state index contributed by atoms with van der Waals surface area (Å²) in [6.45, 7) is 2.82. The van der Waals surface area contributed by atoms with Crippen LogP contribution in [0.25, 0.3) is 22.6 Å². The van der Waals surface area contributed by atoms with E-state index < -0.39 is 5.97 Å². The molecule has 0 spiro atoms. The van der Waals surface area contributed by atoms with E-state index in [0.29, 0.717) is 11.5 Å². The number of halogens is 1. The molecule has 0 saturated carbocycles. The Morgan fingerprint density at radius 3 is 3.00 bits per heavy atom. The maximum Gasteiger partial charge on any atom is 0.354 e. The van der Waals surface area contributed by atoms with Gasteiger partial charge in [-0.2, -0.15) is 0 Å². The molecule has 3 rings (SSSR count). The van der Waals surface area contributed by atoms with Crippen molar-refractivity contribution < 1.29 is 9.90 Å². The molecule has 6 nitrogen and oxygen atoms in total. The molecule has 0 amide bonds. The van der Waals surface area contributed by atoms with Crippen LogP contribution in [0.2, 0.25) is 0 Å². The van der Waals surface area contributed by atoms with E-state index in [9.17, 15) is 9.90 Å². The molecule has 2 heterocycles. The first-order chi connectivity index (χ1) is 10.1. The smallest absolute Gasteiger partial charge is 0.354 e. The summed E-state index contributed by atoms with van der Waals surface area (Å²) in [4.78, 5) is 22.6. The van der Waals surface area contributed by atoms with Crippen molar-refractivity contribution in [3.8, 4) is 11.5 Å². The van der Waals surface area contributed by atoms with E-state index in [2.05, 4.69) is 37.8 Å². The molecular weight excluding hydrogens is 336 g/mol. The molecule has 0 unspecified atom stereocenters. The average molecular weight is 349 g/mol. The van der Waals surface area contributed by atoms with Crippen LogP contribution in [0, 0.1) is 0 Å². The minimum Gasteiger partial charge on any atom is -0.477 e. The molecule has 0 fully saturated rings. The molecule has 0 bridgehead atoms. The molecule has 0 radical (unpaired) electrons. The predicted octanol–water partition coefficient (Wildman–Crippen LogP) is 3.30. The number of aromatic nitrogens is 4. The van der Waals surface area contributed by atoms with Crippen molar-refractivity contribution in [2.45, 2.75) is 19.9 Å². The van der Waals surface area contributed by atoms with Crippen LogP contribution in [0.5, 0.6) is 0 Å². The highest BCUT2D eigenvalue weighted by molar-refractivity contribution is 9.10. The zero-order valence-corrected chi connectivity index (χ0v) is 12.9. The van der Waals surface area contributed by atoms with Gasteiger partial charge in [-0.3, -0.25) is 0 Å². The zero-order valence-electron chi connectivity index (χ0n) is 11.3. The Balaban J connectivity index is 2.28. The van der Waals surface area contributed by atoms with Gasteiger partial charge in [0.05, 0.1) is 17.4 Å². The molecule has 0 aliphatic rings. The molecule has 2 N–H and O–H groups in total. The fourth-order valence-electron chi connectivity index (χ4n) is 2.36. The van der Waals surface area contributed by atoms with Gasteiger partial charge in [0.15, 0.2) is 11.5 Å². The van der Waals surface area contributed by atoms with Gasteiger partial charge in [0.25, 0.3) is 0 Å². The van der Waals surface area contributed by atoms with Crippen molar-refractivity contribution in [1.29, 1.82) is 0 Å². The van der Waals surface area contributed by atoms with Crippen LogP contribution in [0.4, 0.5) is 0 Å². The normalized spacial score (nSPS) is 11.1. The van der Waals surface area contributed by atoms with E-state index in [1.807, 2.05) is 22.8 Å². The number of carboxylic acid groups (broad SMARTS) is 1. The first-order valence-corrected chi connectivity index (χ1v) is 7.34. The average Bonchev–Trinajstić information content (AvgIpc) is 3.03. The number of H-pyrrole nitrogens is 1. The predicted molar refractivity (Wildman–Crippen MR) is 82.3 cm³/mol. The van der Waals surface area contributed by atoms with Crippen molar-refractivity contribution in [2.24, 2.45) is 0 Å². The van der Waals surface area contributed by atoms with Gasteiger partial charge in [0, 0.05) is 11.0 Å². The highest BCUT2D eigenvalue weighted by Gasteiger charge is 2.21. The summed E-state index contributed by atoms with van der Waals surface area (Å²) in [6, 6.07) is 5.83. The molecule has 3 aromatic rings. The molecule has 0 aliphatic heterocycles. The lowest BCUT2D eigenvalue weighted by Gasteiger charge is -2.06. The first-order valence-electron chi connectivity index (χ1n) is 6.54. The van der Waals surface area contributed by atoms with Crippen LogP contribution in [0.3, 0.4) is 0 Å². The van der Waals surface area contributed by atoms with Crippen molar-refractivity contribution in [1.82, 2.24) is 19.5 Å². The fourth-order valence-corrected chi connectivity index (χ4v) is 2.71. The highest BCUT2D eigenvalue weighted by atomic mass is 79.9. The molecule has 7 heteroatoms. The largest absolute Gasteiger partial charge is 0.477 e. The number of aromatic amines is 1. The number of rotatable bonds is 4. The van der Waals surface area contributed by atoms with Gasteiger partial charge in [0.1, 0.15) is 5.69 Å². The molecule has 2 aromatic heterocycles. The van der Waals surface area contributed by atoms with Crippen molar-refractivity contribution in [3.63, 3.8) is 0 Å². The summed E-state index contributed by atoms with van der Waals surface area (Å²) in [7, 11) is 0. The van der Waals surface area contributed by atoms with Crippen LogP contribution in [0.1, 0.15) is 23.8 Å². The van der Waals surface area contributed by atoms with Gasteiger partial charge in [-0.15, -0.1) is 0 Å². The molecule has 0 atom stereocenters. The monoisotopic (exact) mass is 348 g/mol. The Morgan fingerprint density at radius 2 is 2.29 bits per heavy atom. The number of carbonyl (C=O) groups is 1. The Kier molecular flexibility index (Phi) is 3.50.